The number of allylic oxidation sites excluding steroid dienone is 1. The molecule has 0 bridgehead atoms. The highest BCUT2D eigenvalue weighted by atomic mass is 16.3. The molecule has 0 radical (unpaired) electrons. The molecule has 0 aromatic heterocycles. The Balaban J connectivity index is 2.13. The third-order valence-electron chi connectivity index (χ3n) is 3.03. The third kappa shape index (κ3) is 1.34. The summed E-state index contributed by atoms with van der Waals surface area (Å²) in [4.78, 5) is 0. The van der Waals surface area contributed by atoms with Crippen LogP contribution < -0.4 is 0 Å². The lowest BCUT2D eigenvalue weighted by atomic mass is 9.76. The average molecular weight is 152 g/mol. The van der Waals surface area contributed by atoms with Crippen molar-refractivity contribution in [2.75, 3.05) is 0 Å². The second-order valence-electron chi connectivity index (χ2n) is 3.78. The van der Waals surface area contributed by atoms with Crippen molar-refractivity contribution in [3.05, 3.63) is 11.6 Å². The maximum absolute atomic E-state index is 9.66. The van der Waals surface area contributed by atoms with Crippen LogP contribution in [0.15, 0.2) is 11.6 Å². The molecule has 1 heteroatoms. The molecule has 1 nitrogen and oxygen atoms in total. The molecule has 1 saturated carbocycles. The van der Waals surface area contributed by atoms with Crippen LogP contribution in [-0.4, -0.2) is 11.2 Å². The monoisotopic (exact) mass is 152 g/mol. The van der Waals surface area contributed by atoms with Gasteiger partial charge in [0.25, 0.3) is 0 Å². The van der Waals surface area contributed by atoms with Crippen molar-refractivity contribution in [2.24, 2.45) is 5.92 Å². The summed E-state index contributed by atoms with van der Waals surface area (Å²) in [5.74, 6) is 0.539. The van der Waals surface area contributed by atoms with Gasteiger partial charge in [0.1, 0.15) is 0 Å². The van der Waals surface area contributed by atoms with E-state index in [0.717, 1.165) is 6.42 Å². The van der Waals surface area contributed by atoms with E-state index in [1.807, 2.05) is 0 Å². The quantitative estimate of drug-likeness (QED) is 0.528. The second kappa shape index (κ2) is 2.98. The zero-order chi connectivity index (χ0) is 7.68. The van der Waals surface area contributed by atoms with Gasteiger partial charge in [0.05, 0.1) is 6.10 Å². The van der Waals surface area contributed by atoms with Crippen LogP contribution in [0.2, 0.25) is 0 Å². The zero-order valence-corrected chi connectivity index (χ0v) is 6.92. The summed E-state index contributed by atoms with van der Waals surface area (Å²) in [5.41, 5.74) is 1.55. The Bertz CT molecular complexity index is 172. The van der Waals surface area contributed by atoms with E-state index in [1.165, 1.54) is 32.1 Å². The highest BCUT2D eigenvalue weighted by Gasteiger charge is 2.27. The van der Waals surface area contributed by atoms with E-state index in [2.05, 4.69) is 6.08 Å². The lowest BCUT2D eigenvalue weighted by Gasteiger charge is -2.33. The fraction of sp³-hybridized carbons (Fsp3) is 0.800. The van der Waals surface area contributed by atoms with Crippen molar-refractivity contribution in [1.29, 1.82) is 0 Å². The fourth-order valence-corrected chi connectivity index (χ4v) is 2.41. The molecule has 2 rings (SSSR count). The molecule has 1 N–H and O–H groups in total. The number of hydrogen-bond donors (Lipinski definition) is 1. The molecule has 62 valence electrons. The van der Waals surface area contributed by atoms with Gasteiger partial charge in [-0.25, -0.2) is 0 Å². The number of aliphatic hydroxyl groups is 1. The number of rotatable bonds is 0. The summed E-state index contributed by atoms with van der Waals surface area (Å²) in [7, 11) is 0. The van der Waals surface area contributed by atoms with Gasteiger partial charge < -0.3 is 5.11 Å². The summed E-state index contributed by atoms with van der Waals surface area (Å²) >= 11 is 0. The van der Waals surface area contributed by atoms with Gasteiger partial charge in [0, 0.05) is 5.92 Å². The van der Waals surface area contributed by atoms with Crippen molar-refractivity contribution >= 4 is 0 Å². The van der Waals surface area contributed by atoms with E-state index >= 15 is 0 Å². The van der Waals surface area contributed by atoms with E-state index < -0.39 is 0 Å². The normalized spacial score (nSPS) is 37.7. The first-order valence-corrected chi connectivity index (χ1v) is 4.75. The van der Waals surface area contributed by atoms with Crippen LogP contribution in [0.5, 0.6) is 0 Å². The van der Waals surface area contributed by atoms with Gasteiger partial charge >= 0.3 is 0 Å². The van der Waals surface area contributed by atoms with Crippen molar-refractivity contribution in [1.82, 2.24) is 0 Å². The molecular weight excluding hydrogens is 136 g/mol. The van der Waals surface area contributed by atoms with Crippen molar-refractivity contribution < 1.29 is 5.11 Å². The number of hydrogen-bond acceptors (Lipinski definition) is 1. The second-order valence-corrected chi connectivity index (χ2v) is 3.78. The molecule has 2 aliphatic rings. The van der Waals surface area contributed by atoms with Crippen LogP contribution in [0.4, 0.5) is 0 Å². The van der Waals surface area contributed by atoms with Crippen LogP contribution in [-0.2, 0) is 0 Å². The van der Waals surface area contributed by atoms with E-state index in [0.29, 0.717) is 5.92 Å². The van der Waals surface area contributed by atoms with Crippen LogP contribution in [0.1, 0.15) is 38.5 Å². The standard InChI is InChI=1S/C10H16O/c11-10-7-3-5-8-4-1-2-6-9(8)10/h4,9-11H,1-3,5-7H2. The van der Waals surface area contributed by atoms with Gasteiger partial charge in [-0.05, 0) is 38.5 Å². The van der Waals surface area contributed by atoms with Gasteiger partial charge in [0.2, 0.25) is 0 Å². The molecule has 11 heavy (non-hydrogen) atoms. The molecule has 0 saturated heterocycles. The largest absolute Gasteiger partial charge is 0.393 e. The molecule has 0 amide bonds. The summed E-state index contributed by atoms with van der Waals surface area (Å²) in [6, 6.07) is 0. The molecule has 0 aromatic carbocycles. The minimum Gasteiger partial charge on any atom is -0.393 e. The topological polar surface area (TPSA) is 20.2 Å². The Morgan fingerprint density at radius 2 is 2.18 bits per heavy atom. The summed E-state index contributed by atoms with van der Waals surface area (Å²) < 4.78 is 0. The minimum atomic E-state index is -0.0182. The average Bonchev–Trinajstić information content (AvgIpc) is 2.06. The first-order valence-electron chi connectivity index (χ1n) is 4.75. The maximum atomic E-state index is 9.66. The molecule has 0 aliphatic heterocycles. The molecule has 0 aromatic rings. The number of aliphatic hydroxyl groups excluding tert-OH is 1. The van der Waals surface area contributed by atoms with Crippen LogP contribution >= 0.6 is 0 Å². The Kier molecular flexibility index (Phi) is 1.99. The predicted molar refractivity (Wildman–Crippen MR) is 45.3 cm³/mol. The van der Waals surface area contributed by atoms with Crippen molar-refractivity contribution in [2.45, 2.75) is 44.6 Å². The van der Waals surface area contributed by atoms with E-state index in [4.69, 9.17) is 0 Å². The highest BCUT2D eigenvalue weighted by molar-refractivity contribution is 5.14. The van der Waals surface area contributed by atoms with Gasteiger partial charge in [-0.3, -0.25) is 0 Å². The van der Waals surface area contributed by atoms with Gasteiger partial charge in [-0.2, -0.15) is 0 Å². The Hall–Kier alpha value is -0.300. The van der Waals surface area contributed by atoms with Crippen LogP contribution in [0.25, 0.3) is 0 Å². The van der Waals surface area contributed by atoms with Crippen LogP contribution in [0.3, 0.4) is 0 Å². The molecule has 2 atom stereocenters. The lowest BCUT2D eigenvalue weighted by molar-refractivity contribution is 0.0895. The molecule has 2 aliphatic carbocycles. The Morgan fingerprint density at radius 3 is 3.00 bits per heavy atom. The van der Waals surface area contributed by atoms with E-state index in [-0.39, 0.29) is 6.10 Å². The zero-order valence-electron chi connectivity index (χ0n) is 6.92. The smallest absolute Gasteiger partial charge is 0.0605 e. The third-order valence-corrected chi connectivity index (χ3v) is 3.03. The first kappa shape index (κ1) is 7.35. The first-order chi connectivity index (χ1) is 5.38. The molecule has 0 heterocycles. The minimum absolute atomic E-state index is 0.0182. The fourth-order valence-electron chi connectivity index (χ4n) is 2.41. The summed E-state index contributed by atoms with van der Waals surface area (Å²) in [6.45, 7) is 0. The molecular formula is C10H16O. The number of fused-ring (bicyclic) bond motifs is 1. The van der Waals surface area contributed by atoms with Crippen molar-refractivity contribution in [3.8, 4) is 0 Å². The lowest BCUT2D eigenvalue weighted by Crippen LogP contribution is -2.27. The summed E-state index contributed by atoms with van der Waals surface area (Å²) in [5, 5.41) is 9.66. The highest BCUT2D eigenvalue weighted by Crippen LogP contribution is 2.36. The van der Waals surface area contributed by atoms with Gasteiger partial charge in [0.15, 0.2) is 0 Å². The van der Waals surface area contributed by atoms with Crippen molar-refractivity contribution in [3.63, 3.8) is 0 Å². The maximum Gasteiger partial charge on any atom is 0.0605 e. The van der Waals surface area contributed by atoms with Gasteiger partial charge in [-0.1, -0.05) is 11.6 Å². The van der Waals surface area contributed by atoms with E-state index in [1.54, 1.807) is 5.57 Å². The molecule has 1 fully saturated rings. The SMILES string of the molecule is OC1CCCC2=CCCCC21. The molecule has 0 spiro atoms. The van der Waals surface area contributed by atoms with Gasteiger partial charge in [-0.15, -0.1) is 0 Å². The molecule has 2 unspecified atom stereocenters. The van der Waals surface area contributed by atoms with Crippen LogP contribution in [0, 0.1) is 5.92 Å². The summed E-state index contributed by atoms with van der Waals surface area (Å²) in [6.07, 6.45) is 9.58. The van der Waals surface area contributed by atoms with E-state index in [9.17, 15) is 5.11 Å². The Labute approximate surface area is 68.1 Å². The Morgan fingerprint density at radius 1 is 1.27 bits per heavy atom. The predicted octanol–water partition coefficient (Wildman–Crippen LogP) is 2.26.